The fraction of sp³-hybridized carbons (Fsp3) is 0.300. The van der Waals surface area contributed by atoms with Gasteiger partial charge in [-0.2, -0.15) is 13.2 Å². The Morgan fingerprint density at radius 3 is 2.29 bits per heavy atom. The van der Waals surface area contributed by atoms with Gasteiger partial charge < -0.3 is 10.6 Å². The van der Waals surface area contributed by atoms with Gasteiger partial charge in [0.05, 0.1) is 28.8 Å². The number of hydrogen-bond donors (Lipinski definition) is 2. The maximum Gasteiger partial charge on any atom is 0.416 e. The molecule has 2 aromatic carbocycles. The van der Waals surface area contributed by atoms with Gasteiger partial charge in [0.25, 0.3) is 5.91 Å². The van der Waals surface area contributed by atoms with Gasteiger partial charge in [-0.3, -0.25) is 13.9 Å². The van der Waals surface area contributed by atoms with E-state index < -0.39 is 40.1 Å². The standard InChI is InChI=1S/C20H22F3N3O4S/c1-13(2)24-19(28)16-9-4-5-10-17(16)25-18(27)12-26(31(3,29)30)15-8-6-7-14(11-15)20(21,22)23/h4-11,13H,12H2,1-3H3,(H,24,28)(H,25,27). The number of carbonyl (C=O) groups excluding carboxylic acids is 2. The van der Waals surface area contributed by atoms with Crippen LogP contribution < -0.4 is 14.9 Å². The lowest BCUT2D eigenvalue weighted by Crippen LogP contribution is -2.38. The van der Waals surface area contributed by atoms with Crippen LogP contribution in [0.25, 0.3) is 0 Å². The summed E-state index contributed by atoms with van der Waals surface area (Å²) < 4.78 is 63.9. The minimum absolute atomic E-state index is 0.142. The molecule has 11 heteroatoms. The van der Waals surface area contributed by atoms with Crippen molar-refractivity contribution in [1.82, 2.24) is 5.32 Å². The van der Waals surface area contributed by atoms with Crippen molar-refractivity contribution < 1.29 is 31.2 Å². The first-order chi connectivity index (χ1) is 14.3. The van der Waals surface area contributed by atoms with Crippen LogP contribution in [0.3, 0.4) is 0 Å². The zero-order chi connectivity index (χ0) is 23.4. The first kappa shape index (κ1) is 24.2. The monoisotopic (exact) mass is 457 g/mol. The Bertz CT molecular complexity index is 1070. The third-order valence-electron chi connectivity index (χ3n) is 4.01. The molecule has 0 bridgehead atoms. The van der Waals surface area contributed by atoms with Crippen LogP contribution in [-0.4, -0.2) is 39.1 Å². The molecule has 0 heterocycles. The van der Waals surface area contributed by atoms with E-state index in [9.17, 15) is 31.2 Å². The molecular formula is C20H22F3N3O4S. The molecule has 31 heavy (non-hydrogen) atoms. The van der Waals surface area contributed by atoms with Gasteiger partial charge in [-0.15, -0.1) is 0 Å². The third-order valence-corrected chi connectivity index (χ3v) is 5.16. The predicted octanol–water partition coefficient (Wildman–Crippen LogP) is 3.25. The lowest BCUT2D eigenvalue weighted by Gasteiger charge is -2.23. The van der Waals surface area contributed by atoms with E-state index in [1.54, 1.807) is 26.0 Å². The predicted molar refractivity (Wildman–Crippen MR) is 111 cm³/mol. The Balaban J connectivity index is 2.30. The third kappa shape index (κ3) is 6.71. The number of halogens is 3. The molecule has 2 rings (SSSR count). The molecule has 0 atom stereocenters. The Kier molecular flexibility index (Phi) is 7.32. The van der Waals surface area contributed by atoms with Crippen LogP contribution in [0, 0.1) is 0 Å². The second-order valence-electron chi connectivity index (χ2n) is 7.04. The van der Waals surface area contributed by atoms with Crippen LogP contribution in [0.1, 0.15) is 29.8 Å². The average molecular weight is 457 g/mol. The number of rotatable bonds is 7. The summed E-state index contributed by atoms with van der Waals surface area (Å²) in [7, 11) is -4.08. The van der Waals surface area contributed by atoms with Crippen molar-refractivity contribution in [1.29, 1.82) is 0 Å². The highest BCUT2D eigenvalue weighted by molar-refractivity contribution is 7.92. The van der Waals surface area contributed by atoms with Crippen molar-refractivity contribution in [3.05, 3.63) is 59.7 Å². The van der Waals surface area contributed by atoms with Crippen LogP contribution >= 0.6 is 0 Å². The topological polar surface area (TPSA) is 95.6 Å². The lowest BCUT2D eigenvalue weighted by molar-refractivity contribution is -0.137. The molecule has 0 unspecified atom stereocenters. The Morgan fingerprint density at radius 2 is 1.71 bits per heavy atom. The number of benzene rings is 2. The molecule has 0 aliphatic carbocycles. The lowest BCUT2D eigenvalue weighted by atomic mass is 10.1. The van der Waals surface area contributed by atoms with E-state index in [0.29, 0.717) is 10.4 Å². The summed E-state index contributed by atoms with van der Waals surface area (Å²) in [5, 5.41) is 5.13. The minimum atomic E-state index is -4.68. The molecule has 2 N–H and O–H groups in total. The number of nitrogens with one attached hydrogen (secondary N) is 2. The Hall–Kier alpha value is -3.08. The molecule has 168 valence electrons. The zero-order valence-corrected chi connectivity index (χ0v) is 17.8. The normalized spacial score (nSPS) is 11.8. The van der Waals surface area contributed by atoms with E-state index in [2.05, 4.69) is 10.6 Å². The minimum Gasteiger partial charge on any atom is -0.350 e. The number of sulfonamides is 1. The van der Waals surface area contributed by atoms with E-state index in [1.807, 2.05) is 0 Å². The SMILES string of the molecule is CC(C)NC(=O)c1ccccc1NC(=O)CN(c1cccc(C(F)(F)F)c1)S(C)(=O)=O. The first-order valence-electron chi connectivity index (χ1n) is 9.13. The zero-order valence-electron chi connectivity index (χ0n) is 17.0. The van der Waals surface area contributed by atoms with Crippen molar-refractivity contribution in [3.63, 3.8) is 0 Å². The number of carbonyl (C=O) groups is 2. The smallest absolute Gasteiger partial charge is 0.350 e. The molecule has 0 saturated heterocycles. The summed E-state index contributed by atoms with van der Waals surface area (Å²) in [4.78, 5) is 24.9. The number of anilines is 2. The van der Waals surface area contributed by atoms with Crippen LogP contribution in [0.5, 0.6) is 0 Å². The number of nitrogens with zero attached hydrogens (tertiary/aromatic N) is 1. The summed E-state index contributed by atoms with van der Waals surface area (Å²) >= 11 is 0. The quantitative estimate of drug-likeness (QED) is 0.667. The molecule has 2 amide bonds. The molecule has 0 radical (unpaired) electrons. The van der Waals surface area contributed by atoms with Crippen LogP contribution in [0.15, 0.2) is 48.5 Å². The molecular weight excluding hydrogens is 435 g/mol. The number of alkyl halides is 3. The average Bonchev–Trinajstić information content (AvgIpc) is 2.64. The molecule has 0 spiro atoms. The highest BCUT2D eigenvalue weighted by Gasteiger charge is 2.32. The molecule has 2 aromatic rings. The summed E-state index contributed by atoms with van der Waals surface area (Å²) in [5.41, 5.74) is -1.05. The van der Waals surface area contributed by atoms with Gasteiger partial charge in [0, 0.05) is 6.04 Å². The highest BCUT2D eigenvalue weighted by Crippen LogP contribution is 2.32. The van der Waals surface area contributed by atoms with Crippen LogP contribution in [-0.2, 0) is 21.0 Å². The van der Waals surface area contributed by atoms with E-state index in [0.717, 1.165) is 24.5 Å². The fourth-order valence-corrected chi connectivity index (χ4v) is 3.54. The van der Waals surface area contributed by atoms with Gasteiger partial charge in [0.1, 0.15) is 6.54 Å². The van der Waals surface area contributed by atoms with Crippen LogP contribution in [0.4, 0.5) is 24.5 Å². The summed E-state index contributed by atoms with van der Waals surface area (Å²) in [6, 6.07) is 9.62. The highest BCUT2D eigenvalue weighted by atomic mass is 32.2. The molecule has 0 saturated carbocycles. The fourth-order valence-electron chi connectivity index (χ4n) is 2.69. The second kappa shape index (κ2) is 9.38. The van der Waals surface area contributed by atoms with Crippen molar-refractivity contribution in [2.24, 2.45) is 0 Å². The van der Waals surface area contributed by atoms with E-state index in [-0.39, 0.29) is 23.0 Å². The largest absolute Gasteiger partial charge is 0.416 e. The maximum atomic E-state index is 13.0. The maximum absolute atomic E-state index is 13.0. The van der Waals surface area contributed by atoms with Crippen molar-refractivity contribution >= 4 is 33.2 Å². The number of amides is 2. The number of para-hydroxylation sites is 1. The van der Waals surface area contributed by atoms with Crippen molar-refractivity contribution in [2.45, 2.75) is 26.1 Å². The van der Waals surface area contributed by atoms with Gasteiger partial charge in [-0.05, 0) is 44.2 Å². The Morgan fingerprint density at radius 1 is 1.06 bits per heavy atom. The van der Waals surface area contributed by atoms with Gasteiger partial charge in [0.15, 0.2) is 0 Å². The second-order valence-corrected chi connectivity index (χ2v) is 8.95. The number of hydrogen-bond acceptors (Lipinski definition) is 4. The van der Waals surface area contributed by atoms with E-state index in [1.165, 1.54) is 12.1 Å². The molecule has 0 aromatic heterocycles. The van der Waals surface area contributed by atoms with Crippen molar-refractivity contribution in [3.8, 4) is 0 Å². The van der Waals surface area contributed by atoms with Crippen molar-refractivity contribution in [2.75, 3.05) is 22.4 Å². The van der Waals surface area contributed by atoms with Gasteiger partial charge in [0.2, 0.25) is 15.9 Å². The Labute approximate surface area is 178 Å². The van der Waals surface area contributed by atoms with E-state index >= 15 is 0 Å². The van der Waals surface area contributed by atoms with E-state index in [4.69, 9.17) is 0 Å². The van der Waals surface area contributed by atoms with Gasteiger partial charge in [-0.1, -0.05) is 18.2 Å². The first-order valence-corrected chi connectivity index (χ1v) is 11.0. The summed E-state index contributed by atoms with van der Waals surface area (Å²) in [6.45, 7) is 2.75. The molecule has 0 aliphatic heterocycles. The molecule has 0 aliphatic rings. The van der Waals surface area contributed by atoms with Crippen LogP contribution in [0.2, 0.25) is 0 Å². The van der Waals surface area contributed by atoms with Gasteiger partial charge >= 0.3 is 6.18 Å². The molecule has 0 fully saturated rings. The summed E-state index contributed by atoms with van der Waals surface area (Å²) in [5.74, 6) is -1.27. The van der Waals surface area contributed by atoms with Gasteiger partial charge in [-0.25, -0.2) is 8.42 Å². The summed E-state index contributed by atoms with van der Waals surface area (Å²) in [6.07, 6.45) is -3.89. The molecule has 7 nitrogen and oxygen atoms in total.